The minimum atomic E-state index is -0.555. The Balaban J connectivity index is 1.61. The number of benzene rings is 2. The number of nitrogens with zero attached hydrogens (tertiary/aromatic N) is 3. The van der Waals surface area contributed by atoms with Gasteiger partial charge in [-0.05, 0) is 62.6 Å². The first-order valence-electron chi connectivity index (χ1n) is 9.93. The Labute approximate surface area is 176 Å². The van der Waals surface area contributed by atoms with E-state index in [9.17, 15) is 9.59 Å². The summed E-state index contributed by atoms with van der Waals surface area (Å²) in [5.41, 5.74) is 3.49. The maximum Gasteiger partial charge on any atom is 0.340 e. The predicted molar refractivity (Wildman–Crippen MR) is 116 cm³/mol. The van der Waals surface area contributed by atoms with Crippen molar-refractivity contribution in [3.05, 3.63) is 79.5 Å². The Morgan fingerprint density at radius 1 is 0.968 bits per heavy atom. The zero-order chi connectivity index (χ0) is 21.9. The summed E-state index contributed by atoms with van der Waals surface area (Å²) in [6.07, 6.45) is -0.205. The van der Waals surface area contributed by atoms with Crippen LogP contribution in [0.3, 0.4) is 0 Å². The van der Waals surface area contributed by atoms with E-state index in [0.29, 0.717) is 32.8 Å². The average Bonchev–Trinajstić information content (AvgIpc) is 3.25. The molecule has 0 N–H and O–H groups in total. The predicted octanol–water partition coefficient (Wildman–Crippen LogP) is 3.15. The number of hydrogen-bond acceptors (Lipinski definition) is 4. The molecule has 7 nitrogen and oxygen atoms in total. The van der Waals surface area contributed by atoms with Gasteiger partial charge in [-0.3, -0.25) is 4.79 Å². The molecular weight excluding hydrogens is 394 g/mol. The van der Waals surface area contributed by atoms with Crippen LogP contribution in [-0.4, -0.2) is 11.9 Å². The van der Waals surface area contributed by atoms with Gasteiger partial charge >= 0.3 is 5.63 Å². The minimum Gasteiger partial charge on any atom is -0.460 e. The molecule has 5 rings (SSSR count). The highest BCUT2D eigenvalue weighted by molar-refractivity contribution is 6.07. The van der Waals surface area contributed by atoms with Crippen LogP contribution in [0.4, 0.5) is 0 Å². The standard InChI is InChI=1S/C24H19N3O4/c1-11-9-18-21(22-20(11)12(2)14(4)30-22)13(3)15(23(29)31-18)10-19(28)27-24-25-16-7-5-6-8-17(16)26-24/h5-9H,10H2,1-4H3. The van der Waals surface area contributed by atoms with Gasteiger partial charge in [-0.2, -0.15) is 4.99 Å². The molecule has 2 aromatic heterocycles. The number of amides is 1. The molecule has 154 valence electrons. The summed E-state index contributed by atoms with van der Waals surface area (Å²) in [6, 6.07) is 9.12. The average molecular weight is 413 g/mol. The molecule has 0 aliphatic carbocycles. The Kier molecular flexibility index (Phi) is 4.22. The fraction of sp³-hybridized carbons (Fsp3) is 0.208. The smallest absolute Gasteiger partial charge is 0.340 e. The zero-order valence-electron chi connectivity index (χ0n) is 17.6. The summed E-state index contributed by atoms with van der Waals surface area (Å²) in [4.78, 5) is 37.8. The van der Waals surface area contributed by atoms with E-state index >= 15 is 0 Å². The zero-order valence-corrected chi connectivity index (χ0v) is 17.6. The van der Waals surface area contributed by atoms with Crippen LogP contribution in [0.2, 0.25) is 0 Å². The number of carbonyl (C=O) groups excluding carboxylic acids is 1. The summed E-state index contributed by atoms with van der Waals surface area (Å²) < 4.78 is 11.6. The van der Waals surface area contributed by atoms with Gasteiger partial charge in [0.25, 0.3) is 11.9 Å². The molecule has 1 aliphatic heterocycles. The highest BCUT2D eigenvalue weighted by atomic mass is 16.4. The van der Waals surface area contributed by atoms with Gasteiger partial charge in [0.05, 0.1) is 28.1 Å². The lowest BCUT2D eigenvalue weighted by atomic mass is 9.98. The summed E-state index contributed by atoms with van der Waals surface area (Å²) in [6.45, 7) is 7.67. The number of furan rings is 1. The van der Waals surface area contributed by atoms with Crippen LogP contribution in [0.25, 0.3) is 21.9 Å². The lowest BCUT2D eigenvalue weighted by molar-refractivity contribution is -0.117. The quantitative estimate of drug-likeness (QED) is 0.472. The van der Waals surface area contributed by atoms with Gasteiger partial charge in [-0.1, -0.05) is 12.1 Å². The monoisotopic (exact) mass is 413 g/mol. The van der Waals surface area contributed by atoms with Crippen LogP contribution >= 0.6 is 0 Å². The van der Waals surface area contributed by atoms with Crippen molar-refractivity contribution in [3.63, 3.8) is 0 Å². The van der Waals surface area contributed by atoms with Crippen LogP contribution in [-0.2, 0) is 11.2 Å². The number of guanidine groups is 1. The van der Waals surface area contributed by atoms with E-state index in [1.807, 2.05) is 39.0 Å². The molecule has 1 aliphatic rings. The van der Waals surface area contributed by atoms with E-state index in [2.05, 4.69) is 15.0 Å². The number of aliphatic imine (C=N–C) groups is 1. The van der Waals surface area contributed by atoms with Crippen molar-refractivity contribution < 1.29 is 13.6 Å². The van der Waals surface area contributed by atoms with E-state index in [1.54, 1.807) is 19.1 Å². The van der Waals surface area contributed by atoms with Gasteiger partial charge in [0, 0.05) is 5.39 Å². The molecule has 0 bridgehead atoms. The molecule has 31 heavy (non-hydrogen) atoms. The van der Waals surface area contributed by atoms with Crippen LogP contribution in [0.1, 0.15) is 28.0 Å². The van der Waals surface area contributed by atoms with Gasteiger partial charge in [0.1, 0.15) is 16.9 Å². The molecule has 2 aromatic carbocycles. The first kappa shape index (κ1) is 19.1. The van der Waals surface area contributed by atoms with Gasteiger partial charge in [0.15, 0.2) is 0 Å². The number of rotatable bonds is 2. The third-order valence-corrected chi connectivity index (χ3v) is 5.75. The largest absolute Gasteiger partial charge is 0.460 e. The number of carbonyl (C=O) groups is 1. The second-order valence-electron chi connectivity index (χ2n) is 7.74. The van der Waals surface area contributed by atoms with Crippen molar-refractivity contribution >= 4 is 33.8 Å². The number of fused-ring (bicyclic) bond motifs is 4. The summed E-state index contributed by atoms with van der Waals surface area (Å²) >= 11 is 0. The first-order valence-corrected chi connectivity index (χ1v) is 9.93. The molecule has 0 spiro atoms. The molecule has 0 unspecified atom stereocenters. The van der Waals surface area contributed by atoms with Crippen LogP contribution in [0.5, 0.6) is 0 Å². The van der Waals surface area contributed by atoms with Crippen LogP contribution in [0.15, 0.2) is 58.9 Å². The molecular formula is C24H19N3O4. The van der Waals surface area contributed by atoms with Crippen molar-refractivity contribution in [2.75, 3.05) is 0 Å². The molecule has 7 heteroatoms. The Bertz CT molecular complexity index is 1600. The van der Waals surface area contributed by atoms with Gasteiger partial charge in [-0.15, -0.1) is 0 Å². The molecule has 0 atom stereocenters. The van der Waals surface area contributed by atoms with E-state index < -0.39 is 11.5 Å². The van der Waals surface area contributed by atoms with E-state index in [1.165, 1.54) is 0 Å². The second-order valence-corrected chi connectivity index (χ2v) is 7.74. The number of aryl methyl sites for hydroxylation is 4. The topological polar surface area (TPSA) is 97.5 Å². The molecule has 0 saturated heterocycles. The lowest BCUT2D eigenvalue weighted by Crippen LogP contribution is -2.19. The molecule has 0 saturated carbocycles. The van der Waals surface area contributed by atoms with E-state index in [0.717, 1.165) is 22.3 Å². The molecule has 4 aromatic rings. The first-order chi connectivity index (χ1) is 14.8. The third-order valence-electron chi connectivity index (χ3n) is 5.75. The Hall–Kier alpha value is -3.87. The van der Waals surface area contributed by atoms with Gasteiger partial charge < -0.3 is 8.83 Å². The molecule has 0 fully saturated rings. The third kappa shape index (κ3) is 3.01. The molecule has 3 heterocycles. The van der Waals surface area contributed by atoms with Crippen molar-refractivity contribution in [2.24, 2.45) is 15.0 Å². The highest BCUT2D eigenvalue weighted by Crippen LogP contribution is 2.36. The summed E-state index contributed by atoms with van der Waals surface area (Å²) in [5, 5.41) is 3.03. The maximum atomic E-state index is 12.7. The molecule has 0 radical (unpaired) electrons. The van der Waals surface area contributed by atoms with Crippen molar-refractivity contribution in [1.82, 2.24) is 0 Å². The number of para-hydroxylation sites is 2. The van der Waals surface area contributed by atoms with E-state index in [-0.39, 0.29) is 17.9 Å². The van der Waals surface area contributed by atoms with Crippen LogP contribution < -0.4 is 16.3 Å². The van der Waals surface area contributed by atoms with Crippen molar-refractivity contribution in [1.29, 1.82) is 0 Å². The van der Waals surface area contributed by atoms with Gasteiger partial charge in [0.2, 0.25) is 0 Å². The Morgan fingerprint density at radius 3 is 2.32 bits per heavy atom. The second kappa shape index (κ2) is 6.84. The molecule has 1 amide bonds. The van der Waals surface area contributed by atoms with Crippen molar-refractivity contribution in [2.45, 2.75) is 34.1 Å². The van der Waals surface area contributed by atoms with E-state index in [4.69, 9.17) is 8.83 Å². The Morgan fingerprint density at radius 2 is 1.65 bits per heavy atom. The normalized spacial score (nSPS) is 12.7. The highest BCUT2D eigenvalue weighted by Gasteiger charge is 2.21. The minimum absolute atomic E-state index is 0.0873. The van der Waals surface area contributed by atoms with Gasteiger partial charge in [-0.25, -0.2) is 14.8 Å². The van der Waals surface area contributed by atoms with Crippen LogP contribution in [0, 0.1) is 27.7 Å². The summed E-state index contributed by atoms with van der Waals surface area (Å²) in [7, 11) is 0. The fourth-order valence-electron chi connectivity index (χ4n) is 4.08. The summed E-state index contributed by atoms with van der Waals surface area (Å²) in [5.74, 6) is 0.383. The van der Waals surface area contributed by atoms with Crippen molar-refractivity contribution in [3.8, 4) is 0 Å². The number of hydrogen-bond donors (Lipinski definition) is 0. The SMILES string of the molecule is Cc1oc2c(c(C)cc3oc(=O)c(CC(=O)N=C4N=c5ccccc5=N4)c(C)c32)c1C. The fourth-order valence-corrected chi connectivity index (χ4v) is 4.08. The lowest BCUT2D eigenvalue weighted by Gasteiger charge is -2.08. The maximum absolute atomic E-state index is 12.7.